The fraction of sp³-hybridized carbons (Fsp3) is 0.577. The van der Waals surface area contributed by atoms with Gasteiger partial charge in [-0.1, -0.05) is 12.7 Å². The minimum absolute atomic E-state index is 0.147. The highest BCUT2D eigenvalue weighted by Crippen LogP contribution is 2.65. The number of hydrogen-bond acceptors (Lipinski definition) is 7. The van der Waals surface area contributed by atoms with E-state index in [9.17, 15) is 9.65 Å². The summed E-state index contributed by atoms with van der Waals surface area (Å²) < 4.78 is 20.4. The van der Waals surface area contributed by atoms with Crippen molar-refractivity contribution in [3.63, 3.8) is 0 Å². The van der Waals surface area contributed by atoms with Gasteiger partial charge in [-0.15, -0.1) is 0 Å². The van der Waals surface area contributed by atoms with Gasteiger partial charge in [0.1, 0.15) is 17.3 Å². The van der Waals surface area contributed by atoms with Gasteiger partial charge in [0.2, 0.25) is 5.95 Å². The zero-order chi connectivity index (χ0) is 23.2. The van der Waals surface area contributed by atoms with E-state index in [1.807, 2.05) is 18.0 Å². The number of ether oxygens (including phenoxy) is 1. The molecule has 4 bridgehead atoms. The van der Waals surface area contributed by atoms with Crippen molar-refractivity contribution in [2.45, 2.75) is 56.6 Å². The molecule has 34 heavy (non-hydrogen) atoms. The van der Waals surface area contributed by atoms with Crippen molar-refractivity contribution < 1.29 is 9.13 Å². The van der Waals surface area contributed by atoms with Crippen LogP contribution >= 0.6 is 0 Å². The molecule has 4 saturated carbocycles. The first-order valence-corrected chi connectivity index (χ1v) is 12.4. The SMILES string of the molecule is C=C1N(C)c2cnc(NC3=CC4CCOC4C=C3F)nc2N1C12CC3CC(CC(C#N)(C3)C1)C2. The van der Waals surface area contributed by atoms with Gasteiger partial charge in [-0.2, -0.15) is 10.2 Å². The third-order valence-corrected chi connectivity index (χ3v) is 9.09. The standard InChI is InChI=1S/C26H29FN6O/c1-15-32(2)21-12-29-24(30-20-6-18-3-4-34-22(18)7-19(20)27)31-23(21)33(15)26-10-16-5-17(11-26)9-25(8-16,13-26)14-28/h6-7,12,16-18,22H,1,3-5,8-11,13H2,2H3,(H,29,30,31). The van der Waals surface area contributed by atoms with Crippen molar-refractivity contribution in [1.29, 1.82) is 5.26 Å². The molecule has 3 heterocycles. The predicted molar refractivity (Wildman–Crippen MR) is 126 cm³/mol. The first-order valence-electron chi connectivity index (χ1n) is 12.4. The average Bonchev–Trinajstić information content (AvgIpc) is 3.35. The van der Waals surface area contributed by atoms with Gasteiger partial charge in [0, 0.05) is 19.6 Å². The first-order chi connectivity index (χ1) is 16.4. The van der Waals surface area contributed by atoms with E-state index in [2.05, 4.69) is 27.8 Å². The average molecular weight is 461 g/mol. The number of hydrogen-bond donors (Lipinski definition) is 1. The van der Waals surface area contributed by atoms with Crippen LogP contribution in [0.15, 0.2) is 42.3 Å². The van der Waals surface area contributed by atoms with Crippen LogP contribution in [-0.2, 0) is 4.74 Å². The molecule has 4 unspecified atom stereocenters. The summed E-state index contributed by atoms with van der Waals surface area (Å²) in [6, 6.07) is 2.72. The number of anilines is 3. The molecule has 5 aliphatic carbocycles. The Morgan fingerprint density at radius 1 is 1.26 bits per heavy atom. The molecule has 8 rings (SSSR count). The third-order valence-electron chi connectivity index (χ3n) is 9.09. The lowest BCUT2D eigenvalue weighted by Gasteiger charge is -2.62. The van der Waals surface area contributed by atoms with Crippen LogP contribution in [0.25, 0.3) is 0 Å². The normalized spacial score (nSPS) is 39.5. The summed E-state index contributed by atoms with van der Waals surface area (Å²) in [6.07, 6.45) is 12.2. The molecule has 1 aromatic heterocycles. The summed E-state index contributed by atoms with van der Waals surface area (Å²) in [7, 11) is 1.99. The number of rotatable bonds is 3. The van der Waals surface area contributed by atoms with Crippen LogP contribution < -0.4 is 15.1 Å². The van der Waals surface area contributed by atoms with Crippen LogP contribution in [0.3, 0.4) is 0 Å². The molecule has 7 aliphatic rings. The molecular weight excluding hydrogens is 431 g/mol. The molecule has 0 radical (unpaired) electrons. The van der Waals surface area contributed by atoms with Crippen molar-refractivity contribution in [2.24, 2.45) is 23.2 Å². The molecule has 176 valence electrons. The second-order valence-electron chi connectivity index (χ2n) is 11.3. The van der Waals surface area contributed by atoms with Crippen LogP contribution in [-0.4, -0.2) is 35.3 Å². The zero-order valence-corrected chi connectivity index (χ0v) is 19.4. The number of nitriles is 1. The number of halogens is 1. The van der Waals surface area contributed by atoms with E-state index >= 15 is 0 Å². The third kappa shape index (κ3) is 2.76. The van der Waals surface area contributed by atoms with Crippen LogP contribution in [0, 0.1) is 34.5 Å². The minimum Gasteiger partial charge on any atom is -0.373 e. The second-order valence-corrected chi connectivity index (χ2v) is 11.3. The van der Waals surface area contributed by atoms with Crippen LogP contribution in [0.5, 0.6) is 0 Å². The molecule has 5 fully saturated rings. The summed E-state index contributed by atoms with van der Waals surface area (Å²) in [4.78, 5) is 13.7. The lowest BCUT2D eigenvalue weighted by atomic mass is 9.47. The van der Waals surface area contributed by atoms with E-state index in [0.29, 0.717) is 30.1 Å². The smallest absolute Gasteiger partial charge is 0.229 e. The topological polar surface area (TPSA) is 77.3 Å². The zero-order valence-electron chi connectivity index (χ0n) is 19.4. The van der Waals surface area contributed by atoms with E-state index in [4.69, 9.17) is 9.72 Å². The summed E-state index contributed by atoms with van der Waals surface area (Å²) in [5.74, 6) is 3.06. The fourth-order valence-corrected chi connectivity index (χ4v) is 8.07. The molecule has 4 atom stereocenters. The Morgan fingerprint density at radius 3 is 2.82 bits per heavy atom. The van der Waals surface area contributed by atoms with Gasteiger partial charge >= 0.3 is 0 Å². The molecule has 1 N–H and O–H groups in total. The Kier molecular flexibility index (Phi) is 4.10. The van der Waals surface area contributed by atoms with Crippen molar-refractivity contribution in [1.82, 2.24) is 9.97 Å². The summed E-state index contributed by atoms with van der Waals surface area (Å²) in [5.41, 5.74) is 0.920. The predicted octanol–water partition coefficient (Wildman–Crippen LogP) is 4.63. The Hall–Kier alpha value is -2.92. The minimum atomic E-state index is -0.331. The number of allylic oxidation sites excluding steroid dienone is 1. The number of nitrogens with zero attached hydrogens (tertiary/aromatic N) is 5. The summed E-state index contributed by atoms with van der Waals surface area (Å²) in [6.45, 7) is 5.07. The van der Waals surface area contributed by atoms with Gasteiger partial charge in [0.15, 0.2) is 5.82 Å². The number of nitrogens with one attached hydrogen (secondary N) is 1. The highest BCUT2D eigenvalue weighted by atomic mass is 19.1. The fourth-order valence-electron chi connectivity index (χ4n) is 8.07. The Labute approximate surface area is 199 Å². The number of fused-ring (bicyclic) bond motifs is 2. The van der Waals surface area contributed by atoms with Crippen molar-refractivity contribution in [3.8, 4) is 6.07 Å². The molecule has 0 aromatic carbocycles. The van der Waals surface area contributed by atoms with Crippen molar-refractivity contribution in [3.05, 3.63) is 42.3 Å². The van der Waals surface area contributed by atoms with Crippen molar-refractivity contribution in [2.75, 3.05) is 28.8 Å². The van der Waals surface area contributed by atoms with Crippen LogP contribution in [0.2, 0.25) is 0 Å². The first kappa shape index (κ1) is 20.5. The highest BCUT2D eigenvalue weighted by Gasteiger charge is 2.62. The molecule has 7 nitrogen and oxygen atoms in total. The van der Waals surface area contributed by atoms with Crippen LogP contribution in [0.1, 0.15) is 44.9 Å². The highest BCUT2D eigenvalue weighted by molar-refractivity contribution is 5.80. The Bertz CT molecular complexity index is 1190. The van der Waals surface area contributed by atoms with Gasteiger partial charge in [-0.05, 0) is 62.9 Å². The van der Waals surface area contributed by atoms with Gasteiger partial charge in [0.05, 0.1) is 35.0 Å². The van der Waals surface area contributed by atoms with Crippen molar-refractivity contribution >= 4 is 17.5 Å². The molecule has 1 aromatic rings. The van der Waals surface area contributed by atoms with Gasteiger partial charge in [-0.25, -0.2) is 9.37 Å². The monoisotopic (exact) mass is 460 g/mol. The molecule has 2 aliphatic heterocycles. The maximum atomic E-state index is 14.8. The molecule has 1 saturated heterocycles. The second kappa shape index (κ2) is 6.82. The van der Waals surface area contributed by atoms with Gasteiger partial charge < -0.3 is 19.9 Å². The van der Waals surface area contributed by atoms with Gasteiger partial charge in [0.25, 0.3) is 0 Å². The molecule has 0 amide bonds. The quantitative estimate of drug-likeness (QED) is 0.704. The summed E-state index contributed by atoms with van der Waals surface area (Å²) >= 11 is 0. The maximum absolute atomic E-state index is 14.8. The van der Waals surface area contributed by atoms with E-state index in [1.54, 1.807) is 12.3 Å². The number of aromatic nitrogens is 2. The summed E-state index contributed by atoms with van der Waals surface area (Å²) in [5, 5.41) is 13.3. The van der Waals surface area contributed by atoms with E-state index in [0.717, 1.165) is 55.9 Å². The largest absolute Gasteiger partial charge is 0.373 e. The van der Waals surface area contributed by atoms with E-state index in [-0.39, 0.29) is 28.8 Å². The van der Waals surface area contributed by atoms with Gasteiger partial charge in [-0.3, -0.25) is 0 Å². The molecule has 0 spiro atoms. The molecular formula is C26H29FN6O. The lowest BCUT2D eigenvalue weighted by molar-refractivity contribution is -0.0370. The Balaban J connectivity index is 1.25. The van der Waals surface area contributed by atoms with E-state index in [1.165, 1.54) is 6.42 Å². The van der Waals surface area contributed by atoms with E-state index < -0.39 is 0 Å². The maximum Gasteiger partial charge on any atom is 0.229 e. The van der Waals surface area contributed by atoms with Crippen LogP contribution in [0.4, 0.5) is 21.8 Å². The lowest BCUT2D eigenvalue weighted by Crippen LogP contribution is -2.63. The Morgan fingerprint density at radius 2 is 2.06 bits per heavy atom. The molecule has 8 heteroatoms.